The van der Waals surface area contributed by atoms with Gasteiger partial charge in [-0.3, -0.25) is 0 Å². The minimum atomic E-state index is -1.66. The second-order valence-corrected chi connectivity index (χ2v) is 13.8. The molecule has 1 atom stereocenters. The average Bonchev–Trinajstić information content (AvgIpc) is 2.13. The third kappa shape index (κ3) is 6.36. The first-order valence-electron chi connectivity index (χ1n) is 6.46. The monoisotopic (exact) mass is 291 g/mol. The molecule has 0 radical (unpaired) electrons. The molecule has 0 heterocycles. The second-order valence-electron chi connectivity index (χ2n) is 7.05. The van der Waals surface area contributed by atoms with Crippen LogP contribution in [0, 0.1) is 0 Å². The summed E-state index contributed by atoms with van der Waals surface area (Å²) in [6.45, 7) is 17.6. The van der Waals surface area contributed by atoms with E-state index in [1.165, 1.54) is 0 Å². The third-order valence-electron chi connectivity index (χ3n) is 3.21. The molecule has 0 saturated carbocycles. The Morgan fingerprint density at radius 3 is 2.06 bits per heavy atom. The van der Waals surface area contributed by atoms with E-state index in [4.69, 9.17) is 4.43 Å². The molecule has 0 unspecified atom stereocenters. The fraction of sp³-hybridized carbons (Fsp3) is 0.923. The lowest BCUT2D eigenvalue weighted by Gasteiger charge is -2.36. The molecule has 108 valence electrons. The Bertz CT molecular complexity index is 280. The first kappa shape index (κ1) is 18.2. The first-order valence-corrected chi connectivity index (χ1v) is 10.5. The molecule has 0 aliphatic rings. The molecule has 0 rings (SSSR count). The van der Waals surface area contributed by atoms with Crippen LogP contribution in [0.15, 0.2) is 4.40 Å². The highest BCUT2D eigenvalue weighted by Gasteiger charge is 2.36. The Balaban J connectivity index is 4.06. The van der Waals surface area contributed by atoms with Crippen LogP contribution in [-0.2, 0) is 15.8 Å². The molecule has 0 amide bonds. The molecule has 0 spiro atoms. The van der Waals surface area contributed by atoms with E-state index in [1.54, 1.807) is 6.21 Å². The van der Waals surface area contributed by atoms with Crippen molar-refractivity contribution in [3.8, 4) is 0 Å². The molecule has 0 aromatic carbocycles. The van der Waals surface area contributed by atoms with Gasteiger partial charge in [0.1, 0.15) is 16.1 Å². The Morgan fingerprint density at radius 1 is 1.17 bits per heavy atom. The highest BCUT2D eigenvalue weighted by molar-refractivity contribution is 7.91. The van der Waals surface area contributed by atoms with Crippen LogP contribution in [0.5, 0.6) is 0 Å². The predicted molar refractivity (Wildman–Crippen MR) is 84.2 cm³/mol. The van der Waals surface area contributed by atoms with Gasteiger partial charge in [-0.25, -0.2) is 0 Å². The van der Waals surface area contributed by atoms with Gasteiger partial charge in [0.15, 0.2) is 8.32 Å². The van der Waals surface area contributed by atoms with E-state index in [-0.39, 0.29) is 9.79 Å². The highest BCUT2D eigenvalue weighted by Crippen LogP contribution is 2.36. The van der Waals surface area contributed by atoms with Crippen molar-refractivity contribution in [1.82, 2.24) is 0 Å². The van der Waals surface area contributed by atoms with Crippen molar-refractivity contribution in [2.45, 2.75) is 70.8 Å². The normalized spacial score (nSPS) is 16.3. The van der Waals surface area contributed by atoms with Gasteiger partial charge in [0.25, 0.3) is 0 Å². The van der Waals surface area contributed by atoms with Crippen LogP contribution in [0.25, 0.3) is 0 Å². The fourth-order valence-corrected chi connectivity index (χ4v) is 2.48. The lowest BCUT2D eigenvalue weighted by atomic mass is 10.2. The maximum absolute atomic E-state index is 11.7. The zero-order valence-corrected chi connectivity index (χ0v) is 15.0. The number of hydrogen-bond donors (Lipinski definition) is 0. The van der Waals surface area contributed by atoms with Gasteiger partial charge >= 0.3 is 0 Å². The molecule has 0 aliphatic carbocycles. The Hall–Kier alpha value is 0.157. The third-order valence-corrected chi connectivity index (χ3v) is 9.14. The van der Waals surface area contributed by atoms with Crippen molar-refractivity contribution >= 4 is 25.9 Å². The van der Waals surface area contributed by atoms with E-state index >= 15 is 0 Å². The molecule has 18 heavy (non-hydrogen) atoms. The van der Waals surface area contributed by atoms with Crippen molar-refractivity contribution in [3.05, 3.63) is 0 Å². The first-order chi connectivity index (χ1) is 7.88. The van der Waals surface area contributed by atoms with E-state index in [9.17, 15) is 4.55 Å². The second kappa shape index (κ2) is 6.55. The maximum atomic E-state index is 11.7. The lowest BCUT2D eigenvalue weighted by Crippen LogP contribution is -2.41. The number of nitrogens with zero attached hydrogens (tertiary/aromatic N) is 1. The van der Waals surface area contributed by atoms with E-state index in [1.807, 2.05) is 20.8 Å². The van der Waals surface area contributed by atoms with Crippen molar-refractivity contribution < 1.29 is 8.98 Å². The summed E-state index contributed by atoms with van der Waals surface area (Å²) >= 11 is -1.15. The quantitative estimate of drug-likeness (QED) is 0.333. The van der Waals surface area contributed by atoms with Crippen LogP contribution in [-0.4, -0.2) is 30.4 Å². The molecule has 0 saturated heterocycles. The minimum absolute atomic E-state index is 0.234. The van der Waals surface area contributed by atoms with E-state index < -0.39 is 19.7 Å². The van der Waals surface area contributed by atoms with Gasteiger partial charge < -0.3 is 8.98 Å². The SMILES string of the molecule is CC(C)(C)[S@@+]([O-])/N=C/CCO[Si](C)(C)C(C)(C)C. The molecular weight excluding hydrogens is 262 g/mol. The van der Waals surface area contributed by atoms with E-state index in [0.717, 1.165) is 6.42 Å². The van der Waals surface area contributed by atoms with Gasteiger partial charge in [0, 0.05) is 13.0 Å². The highest BCUT2D eigenvalue weighted by atomic mass is 32.2. The van der Waals surface area contributed by atoms with Crippen molar-refractivity contribution in [3.63, 3.8) is 0 Å². The molecule has 0 N–H and O–H groups in total. The van der Waals surface area contributed by atoms with Crippen LogP contribution >= 0.6 is 0 Å². The molecule has 0 aromatic heterocycles. The van der Waals surface area contributed by atoms with Gasteiger partial charge in [-0.15, -0.1) is 0 Å². The fourth-order valence-electron chi connectivity index (χ4n) is 0.862. The topological polar surface area (TPSA) is 44.7 Å². The number of hydrogen-bond acceptors (Lipinski definition) is 3. The average molecular weight is 292 g/mol. The van der Waals surface area contributed by atoms with Crippen molar-refractivity contribution in [2.75, 3.05) is 6.61 Å². The largest absolute Gasteiger partial charge is 0.591 e. The smallest absolute Gasteiger partial charge is 0.191 e. The van der Waals surface area contributed by atoms with E-state index in [0.29, 0.717) is 6.61 Å². The van der Waals surface area contributed by atoms with Gasteiger partial charge in [-0.05, 0) is 38.9 Å². The molecule has 0 aliphatic heterocycles. The summed E-state index contributed by atoms with van der Waals surface area (Å²) in [5, 5.41) is 0.234. The van der Waals surface area contributed by atoms with Gasteiger partial charge in [-0.1, -0.05) is 25.2 Å². The Morgan fingerprint density at radius 2 is 1.67 bits per heavy atom. The summed E-state index contributed by atoms with van der Waals surface area (Å²) in [6.07, 6.45) is 2.46. The van der Waals surface area contributed by atoms with Crippen LogP contribution in [0.3, 0.4) is 0 Å². The molecule has 0 bridgehead atoms. The zero-order chi connectivity index (χ0) is 14.6. The van der Waals surface area contributed by atoms with Gasteiger partial charge in [-0.2, -0.15) is 0 Å². The minimum Gasteiger partial charge on any atom is -0.591 e. The van der Waals surface area contributed by atoms with Crippen LogP contribution in [0.4, 0.5) is 0 Å². The van der Waals surface area contributed by atoms with Crippen LogP contribution < -0.4 is 0 Å². The van der Waals surface area contributed by atoms with Crippen LogP contribution in [0.1, 0.15) is 48.0 Å². The predicted octanol–water partition coefficient (Wildman–Crippen LogP) is 3.93. The van der Waals surface area contributed by atoms with Gasteiger partial charge in [0.2, 0.25) is 0 Å². The Labute approximate surface area is 117 Å². The molecule has 5 heteroatoms. The summed E-state index contributed by atoms with van der Waals surface area (Å²) in [7, 11) is -1.66. The lowest BCUT2D eigenvalue weighted by molar-refractivity contribution is 0.299. The molecule has 0 aromatic rings. The summed E-state index contributed by atoms with van der Waals surface area (Å²) in [4.78, 5) is 0. The summed E-state index contributed by atoms with van der Waals surface area (Å²) in [6, 6.07) is 0. The van der Waals surface area contributed by atoms with Crippen molar-refractivity contribution in [1.29, 1.82) is 0 Å². The summed E-state index contributed by atoms with van der Waals surface area (Å²) in [5.41, 5.74) is 0. The van der Waals surface area contributed by atoms with E-state index in [2.05, 4.69) is 38.3 Å². The van der Waals surface area contributed by atoms with Crippen molar-refractivity contribution in [2.24, 2.45) is 4.40 Å². The molecule has 3 nitrogen and oxygen atoms in total. The van der Waals surface area contributed by atoms with Gasteiger partial charge in [0.05, 0.1) is 6.21 Å². The standard InChI is InChI=1S/C13H29NO2SSi/c1-12(2,3)17(15)14-10-9-11-16-18(7,8)13(4,5)6/h10H,9,11H2,1-8H3/b14-10+/t17-/m1/s1. The molecule has 0 fully saturated rings. The van der Waals surface area contributed by atoms with Crippen LogP contribution in [0.2, 0.25) is 18.1 Å². The summed E-state index contributed by atoms with van der Waals surface area (Å²) < 4.78 is 21.5. The summed E-state index contributed by atoms with van der Waals surface area (Å²) in [5.74, 6) is 0. The molecular formula is C13H29NO2SSi. The Kier molecular flexibility index (Phi) is 6.60. The maximum Gasteiger partial charge on any atom is 0.191 e. The number of rotatable bonds is 5. The zero-order valence-electron chi connectivity index (χ0n) is 13.2.